The lowest BCUT2D eigenvalue weighted by atomic mass is 10.3. The highest BCUT2D eigenvalue weighted by Crippen LogP contribution is 2.21. The highest BCUT2D eigenvalue weighted by molar-refractivity contribution is 9.10. The van der Waals surface area contributed by atoms with Gasteiger partial charge in [0.05, 0.1) is 4.47 Å². The molecule has 0 aliphatic carbocycles. The Kier molecular flexibility index (Phi) is 2.94. The van der Waals surface area contributed by atoms with Crippen LogP contribution in [0, 0.1) is 10.1 Å². The molecule has 7 heteroatoms. The van der Waals surface area contributed by atoms with Gasteiger partial charge in [-0.3, -0.25) is 4.79 Å². The normalized spacial score (nSPS) is 9.69. The van der Waals surface area contributed by atoms with Gasteiger partial charge in [-0.1, -0.05) is 0 Å². The maximum absolute atomic E-state index is 10.7. The van der Waals surface area contributed by atoms with Crippen molar-refractivity contribution < 1.29 is 9.72 Å². The molecule has 1 aromatic rings. The van der Waals surface area contributed by atoms with Crippen LogP contribution < -0.4 is 0 Å². The fourth-order valence-corrected chi connectivity index (χ4v) is 1.19. The molecule has 0 amide bonds. The smallest absolute Gasteiger partial charge is 0.358 e. The number of carbonyl (C=O) groups excluding carboxylic acids is 1. The first-order valence-corrected chi connectivity index (χ1v) is 4.19. The van der Waals surface area contributed by atoms with Crippen molar-refractivity contribution in [3.63, 3.8) is 0 Å². The summed E-state index contributed by atoms with van der Waals surface area (Å²) < 4.78 is 0.460. The van der Waals surface area contributed by atoms with E-state index in [1.807, 2.05) is 0 Å². The van der Waals surface area contributed by atoms with E-state index in [1.165, 1.54) is 12.3 Å². The Morgan fingerprint density at radius 3 is 2.77 bits per heavy atom. The van der Waals surface area contributed by atoms with Crippen molar-refractivity contribution in [1.29, 1.82) is 0 Å². The molecule has 1 aromatic heterocycles. The minimum Gasteiger partial charge on any atom is -0.358 e. The number of hydrogen-bond donors (Lipinski definition) is 0. The summed E-state index contributed by atoms with van der Waals surface area (Å²) in [4.78, 5) is 23.8. The fourth-order valence-electron chi connectivity index (χ4n) is 0.722. The van der Waals surface area contributed by atoms with E-state index in [0.29, 0.717) is 4.47 Å². The number of aromatic nitrogens is 1. The number of pyridine rings is 1. The molecule has 0 N–H and O–H groups in total. The van der Waals surface area contributed by atoms with Crippen molar-refractivity contribution in [2.45, 2.75) is 0 Å². The van der Waals surface area contributed by atoms with Gasteiger partial charge in [-0.2, -0.15) is 0 Å². The van der Waals surface area contributed by atoms with E-state index in [1.54, 1.807) is 0 Å². The summed E-state index contributed by atoms with van der Waals surface area (Å²) >= 11 is 8.14. The van der Waals surface area contributed by atoms with E-state index in [2.05, 4.69) is 20.9 Å². The van der Waals surface area contributed by atoms with Crippen LogP contribution in [0.5, 0.6) is 0 Å². The first-order valence-electron chi connectivity index (χ1n) is 3.02. The lowest BCUT2D eigenvalue weighted by Crippen LogP contribution is -2.00. The topological polar surface area (TPSA) is 73.1 Å². The molecule has 68 valence electrons. The van der Waals surface area contributed by atoms with E-state index < -0.39 is 16.0 Å². The van der Waals surface area contributed by atoms with Gasteiger partial charge in [0.2, 0.25) is 0 Å². The SMILES string of the molecule is O=C(Cl)c1cc(Br)cnc1[N+](=O)[O-]. The molecular weight excluding hydrogens is 263 g/mol. The van der Waals surface area contributed by atoms with Crippen LogP contribution in [0.3, 0.4) is 0 Å². The third-order valence-electron chi connectivity index (χ3n) is 1.22. The quantitative estimate of drug-likeness (QED) is 0.466. The van der Waals surface area contributed by atoms with Crippen molar-refractivity contribution >= 4 is 38.6 Å². The van der Waals surface area contributed by atoms with E-state index in [-0.39, 0.29) is 5.56 Å². The molecule has 0 aromatic carbocycles. The Morgan fingerprint density at radius 1 is 1.69 bits per heavy atom. The van der Waals surface area contributed by atoms with Gasteiger partial charge in [-0.25, -0.2) is 0 Å². The van der Waals surface area contributed by atoms with Gasteiger partial charge in [0.15, 0.2) is 6.20 Å². The third-order valence-corrected chi connectivity index (χ3v) is 1.86. The van der Waals surface area contributed by atoms with Gasteiger partial charge in [-0.05, 0) is 43.5 Å². The second-order valence-electron chi connectivity index (χ2n) is 2.06. The maximum atomic E-state index is 10.7. The molecule has 0 atom stereocenters. The Bertz CT molecular complexity index is 382. The molecule has 0 aliphatic rings. The summed E-state index contributed by atoms with van der Waals surface area (Å²) in [5.74, 6) is -0.539. The lowest BCUT2D eigenvalue weighted by Gasteiger charge is -1.96. The predicted molar refractivity (Wildman–Crippen MR) is 48.8 cm³/mol. The predicted octanol–water partition coefficient (Wildman–Crippen LogP) is 2.13. The first kappa shape index (κ1) is 10.1. The van der Waals surface area contributed by atoms with Crippen LogP contribution in [0.15, 0.2) is 16.7 Å². The zero-order valence-electron chi connectivity index (χ0n) is 6.03. The number of nitrogens with zero attached hydrogens (tertiary/aromatic N) is 2. The van der Waals surface area contributed by atoms with Gasteiger partial charge in [0.25, 0.3) is 5.24 Å². The summed E-state index contributed by atoms with van der Waals surface area (Å²) in [6.07, 6.45) is 1.22. The molecule has 0 unspecified atom stereocenters. The van der Waals surface area contributed by atoms with E-state index in [9.17, 15) is 14.9 Å². The molecule has 13 heavy (non-hydrogen) atoms. The molecule has 0 saturated carbocycles. The van der Waals surface area contributed by atoms with Crippen molar-refractivity contribution in [3.05, 3.63) is 32.4 Å². The van der Waals surface area contributed by atoms with Crippen LogP contribution in [0.4, 0.5) is 5.82 Å². The summed E-state index contributed by atoms with van der Waals surface area (Å²) in [5, 5.41) is 9.45. The van der Waals surface area contributed by atoms with Gasteiger partial charge in [-0.15, -0.1) is 0 Å². The van der Waals surface area contributed by atoms with Crippen LogP contribution in [0.25, 0.3) is 0 Å². The second kappa shape index (κ2) is 3.80. The zero-order chi connectivity index (χ0) is 10.0. The van der Waals surface area contributed by atoms with Crippen molar-refractivity contribution in [1.82, 2.24) is 4.98 Å². The zero-order valence-corrected chi connectivity index (χ0v) is 8.37. The molecule has 0 spiro atoms. The molecule has 1 heterocycles. The lowest BCUT2D eigenvalue weighted by molar-refractivity contribution is -0.389. The van der Waals surface area contributed by atoms with Crippen LogP contribution in [-0.4, -0.2) is 15.1 Å². The molecule has 0 radical (unpaired) electrons. The fraction of sp³-hybridized carbons (Fsp3) is 0. The Hall–Kier alpha value is -1.01. The molecule has 5 nitrogen and oxygen atoms in total. The number of carbonyl (C=O) groups is 1. The average molecular weight is 265 g/mol. The minimum atomic E-state index is -0.902. The van der Waals surface area contributed by atoms with Crippen LogP contribution in [0.1, 0.15) is 10.4 Å². The highest BCUT2D eigenvalue weighted by atomic mass is 79.9. The van der Waals surface area contributed by atoms with Crippen molar-refractivity contribution in [2.24, 2.45) is 0 Å². The van der Waals surface area contributed by atoms with Crippen molar-refractivity contribution in [3.8, 4) is 0 Å². The Morgan fingerprint density at radius 2 is 2.31 bits per heavy atom. The molecule has 1 rings (SSSR count). The minimum absolute atomic E-state index is 0.221. The number of nitro groups is 1. The number of halogens is 2. The van der Waals surface area contributed by atoms with Gasteiger partial charge in [0.1, 0.15) is 5.56 Å². The van der Waals surface area contributed by atoms with E-state index in [0.717, 1.165) is 0 Å². The van der Waals surface area contributed by atoms with Crippen LogP contribution in [-0.2, 0) is 0 Å². The molecule has 0 aliphatic heterocycles. The second-order valence-corrected chi connectivity index (χ2v) is 3.31. The highest BCUT2D eigenvalue weighted by Gasteiger charge is 2.20. The Balaban J connectivity index is 3.35. The standard InChI is InChI=1S/C6H2BrClN2O3/c7-3-1-4(5(8)11)6(9-2-3)10(12)13/h1-2H. The third kappa shape index (κ3) is 2.22. The van der Waals surface area contributed by atoms with Gasteiger partial charge < -0.3 is 10.1 Å². The van der Waals surface area contributed by atoms with E-state index >= 15 is 0 Å². The summed E-state index contributed by atoms with van der Waals surface area (Å²) in [7, 11) is 0. The van der Waals surface area contributed by atoms with Crippen LogP contribution >= 0.6 is 27.5 Å². The van der Waals surface area contributed by atoms with Crippen molar-refractivity contribution in [2.75, 3.05) is 0 Å². The molecule has 0 saturated heterocycles. The molecular formula is C6H2BrClN2O3. The average Bonchev–Trinajstić information content (AvgIpc) is 2.03. The number of rotatable bonds is 2. The van der Waals surface area contributed by atoms with Crippen LogP contribution in [0.2, 0.25) is 0 Å². The summed E-state index contributed by atoms with van der Waals surface area (Å²) in [5.41, 5.74) is -0.221. The maximum Gasteiger partial charge on any atom is 0.375 e. The van der Waals surface area contributed by atoms with E-state index in [4.69, 9.17) is 11.6 Å². The Labute approximate surface area is 86.0 Å². The van der Waals surface area contributed by atoms with Gasteiger partial charge >= 0.3 is 5.82 Å². The summed E-state index contributed by atoms with van der Waals surface area (Å²) in [6.45, 7) is 0. The number of hydrogen-bond acceptors (Lipinski definition) is 4. The van der Waals surface area contributed by atoms with Gasteiger partial charge in [0, 0.05) is 0 Å². The molecule has 0 fully saturated rings. The largest absolute Gasteiger partial charge is 0.375 e. The monoisotopic (exact) mass is 264 g/mol. The molecule has 0 bridgehead atoms. The summed E-state index contributed by atoms with van der Waals surface area (Å²) in [6, 6.07) is 1.25. The first-order chi connectivity index (χ1) is 6.02.